The zero-order valence-corrected chi connectivity index (χ0v) is 18.7. The molecule has 1 aliphatic heterocycles. The largest absolute Gasteiger partial charge is 0.507 e. The number of halogens is 2. The van der Waals surface area contributed by atoms with Crippen LogP contribution in [0.5, 0.6) is 5.75 Å². The highest BCUT2D eigenvalue weighted by Gasteiger charge is 2.47. The topological polar surface area (TPSA) is 79.7 Å². The molecule has 1 saturated heterocycles. The number of Topliss-reactive ketones (excluding diaryl/α,β-unsaturated/α-hetero) is 1. The minimum atomic E-state index is -0.928. The van der Waals surface area contributed by atoms with E-state index in [1.807, 2.05) is 6.92 Å². The zero-order chi connectivity index (χ0) is 23.0. The Labute approximate surface area is 194 Å². The first kappa shape index (κ1) is 21.9. The average molecular weight is 469 g/mol. The molecule has 0 spiro atoms. The number of aromatic nitrogens is 1. The first-order chi connectivity index (χ1) is 15.3. The van der Waals surface area contributed by atoms with Crippen LogP contribution in [0.2, 0.25) is 10.0 Å². The number of pyridine rings is 1. The lowest BCUT2D eigenvalue weighted by Crippen LogP contribution is -2.30. The monoisotopic (exact) mass is 468 g/mol. The van der Waals surface area contributed by atoms with Crippen molar-refractivity contribution in [2.24, 2.45) is 0 Å². The molecule has 2 heterocycles. The number of nitrogens with zero attached hydrogens (tertiary/aromatic N) is 2. The molecule has 3 aromatic rings. The molecule has 2 aromatic carbocycles. The molecular formula is C24H18Cl2N2O4. The number of anilines is 1. The van der Waals surface area contributed by atoms with Gasteiger partial charge in [-0.3, -0.25) is 19.5 Å². The van der Waals surface area contributed by atoms with E-state index in [0.717, 1.165) is 5.56 Å². The van der Waals surface area contributed by atoms with Gasteiger partial charge in [0, 0.05) is 28.7 Å². The number of rotatable bonds is 4. The van der Waals surface area contributed by atoms with Crippen molar-refractivity contribution in [1.29, 1.82) is 0 Å². The number of benzene rings is 2. The Morgan fingerprint density at radius 1 is 1.12 bits per heavy atom. The van der Waals surface area contributed by atoms with Gasteiger partial charge in [0.15, 0.2) is 0 Å². The number of aryl methyl sites for hydroxylation is 1. The molecule has 1 N–H and O–H groups in total. The summed E-state index contributed by atoms with van der Waals surface area (Å²) in [6.45, 7) is 1.81. The molecule has 32 heavy (non-hydrogen) atoms. The number of aliphatic hydroxyl groups is 1. The lowest BCUT2D eigenvalue weighted by atomic mass is 9.96. The van der Waals surface area contributed by atoms with Gasteiger partial charge in [0.2, 0.25) is 0 Å². The molecule has 6 nitrogen and oxygen atoms in total. The Morgan fingerprint density at radius 2 is 1.91 bits per heavy atom. The number of carbonyl (C=O) groups is 2. The third kappa shape index (κ3) is 3.72. The van der Waals surface area contributed by atoms with E-state index in [9.17, 15) is 14.7 Å². The van der Waals surface area contributed by atoms with Crippen molar-refractivity contribution in [2.45, 2.75) is 13.0 Å². The van der Waals surface area contributed by atoms with Crippen LogP contribution in [-0.2, 0) is 9.59 Å². The van der Waals surface area contributed by atoms with Crippen LogP contribution in [0.25, 0.3) is 5.76 Å². The summed E-state index contributed by atoms with van der Waals surface area (Å²) in [7, 11) is 1.48. The fourth-order valence-corrected chi connectivity index (χ4v) is 4.11. The van der Waals surface area contributed by atoms with E-state index in [-0.39, 0.29) is 16.2 Å². The minimum Gasteiger partial charge on any atom is -0.507 e. The van der Waals surface area contributed by atoms with Crippen LogP contribution in [0.4, 0.5) is 5.69 Å². The second kappa shape index (κ2) is 8.65. The van der Waals surface area contributed by atoms with Gasteiger partial charge in [0.05, 0.1) is 23.7 Å². The van der Waals surface area contributed by atoms with Crippen molar-refractivity contribution in [3.8, 4) is 5.75 Å². The first-order valence-electron chi connectivity index (χ1n) is 9.64. The predicted octanol–water partition coefficient (Wildman–Crippen LogP) is 5.33. The van der Waals surface area contributed by atoms with Crippen LogP contribution < -0.4 is 9.64 Å². The highest BCUT2D eigenvalue weighted by Crippen LogP contribution is 2.44. The van der Waals surface area contributed by atoms with Gasteiger partial charge < -0.3 is 9.84 Å². The molecule has 8 heteroatoms. The number of amides is 1. The summed E-state index contributed by atoms with van der Waals surface area (Å²) in [6.07, 6.45) is 3.13. The van der Waals surface area contributed by atoms with Gasteiger partial charge in [-0.05, 0) is 54.4 Å². The second-order valence-electron chi connectivity index (χ2n) is 7.23. The fourth-order valence-electron chi connectivity index (χ4n) is 3.73. The minimum absolute atomic E-state index is 0.0995. The van der Waals surface area contributed by atoms with Gasteiger partial charge in [0.1, 0.15) is 11.5 Å². The summed E-state index contributed by atoms with van der Waals surface area (Å²) in [4.78, 5) is 31.9. The van der Waals surface area contributed by atoms with Crippen molar-refractivity contribution in [3.63, 3.8) is 0 Å². The lowest BCUT2D eigenvalue weighted by molar-refractivity contribution is -0.132. The summed E-state index contributed by atoms with van der Waals surface area (Å²) in [5, 5.41) is 11.8. The van der Waals surface area contributed by atoms with E-state index < -0.39 is 23.5 Å². The highest BCUT2D eigenvalue weighted by molar-refractivity contribution is 6.52. The molecule has 0 saturated carbocycles. The maximum atomic E-state index is 13.2. The highest BCUT2D eigenvalue weighted by atomic mass is 35.5. The summed E-state index contributed by atoms with van der Waals surface area (Å²) in [5.41, 5.74) is 1.83. The smallest absolute Gasteiger partial charge is 0.300 e. The van der Waals surface area contributed by atoms with Gasteiger partial charge in [-0.2, -0.15) is 0 Å². The average Bonchev–Trinajstić information content (AvgIpc) is 3.06. The fraction of sp³-hybridized carbons (Fsp3) is 0.125. The van der Waals surface area contributed by atoms with Gasteiger partial charge in [-0.1, -0.05) is 35.3 Å². The van der Waals surface area contributed by atoms with Crippen molar-refractivity contribution < 1.29 is 19.4 Å². The van der Waals surface area contributed by atoms with Crippen molar-refractivity contribution in [1.82, 2.24) is 4.98 Å². The van der Waals surface area contributed by atoms with E-state index in [0.29, 0.717) is 22.0 Å². The van der Waals surface area contributed by atoms with Gasteiger partial charge in [0.25, 0.3) is 11.7 Å². The van der Waals surface area contributed by atoms with Crippen LogP contribution in [0, 0.1) is 6.92 Å². The molecule has 4 rings (SSSR count). The Balaban J connectivity index is 2.00. The van der Waals surface area contributed by atoms with Crippen LogP contribution in [0.15, 0.2) is 66.5 Å². The third-order valence-electron chi connectivity index (χ3n) is 5.30. The molecule has 1 atom stereocenters. The maximum absolute atomic E-state index is 13.2. The molecule has 0 aliphatic carbocycles. The van der Waals surface area contributed by atoms with Gasteiger partial charge in [-0.15, -0.1) is 0 Å². The summed E-state index contributed by atoms with van der Waals surface area (Å²) >= 11 is 12.5. The first-order valence-corrected chi connectivity index (χ1v) is 10.4. The van der Waals surface area contributed by atoms with Crippen molar-refractivity contribution in [3.05, 3.63) is 93.2 Å². The Bertz CT molecular complexity index is 1260. The number of carbonyl (C=O) groups excluding carboxylic acids is 2. The quantitative estimate of drug-likeness (QED) is 0.317. The molecule has 1 aliphatic rings. The molecule has 0 bridgehead atoms. The molecular weight excluding hydrogens is 451 g/mol. The molecule has 1 amide bonds. The van der Waals surface area contributed by atoms with Crippen molar-refractivity contribution >= 4 is 46.3 Å². The molecule has 1 fully saturated rings. The van der Waals surface area contributed by atoms with E-state index in [1.165, 1.54) is 18.1 Å². The van der Waals surface area contributed by atoms with Crippen LogP contribution in [-0.4, -0.2) is 28.9 Å². The molecule has 0 radical (unpaired) electrons. The number of ether oxygens (including phenoxy) is 1. The van der Waals surface area contributed by atoms with Crippen LogP contribution in [0.1, 0.15) is 22.7 Å². The second-order valence-corrected chi connectivity index (χ2v) is 8.08. The van der Waals surface area contributed by atoms with Gasteiger partial charge >= 0.3 is 0 Å². The van der Waals surface area contributed by atoms with E-state index in [1.54, 1.807) is 54.9 Å². The van der Waals surface area contributed by atoms with E-state index >= 15 is 0 Å². The summed E-state index contributed by atoms with van der Waals surface area (Å²) in [6, 6.07) is 12.3. The molecule has 1 aromatic heterocycles. The molecule has 1 unspecified atom stereocenters. The number of hydrogen-bond acceptors (Lipinski definition) is 5. The normalized spacial score (nSPS) is 17.6. The number of aliphatic hydroxyl groups excluding tert-OH is 1. The predicted molar refractivity (Wildman–Crippen MR) is 123 cm³/mol. The standard InChI is InChI=1S/C24H18Cl2N2O4/c1-13-5-6-15(25)10-19(13)28-21(14-4-3-9-27-12-14)20(23(30)24(28)31)22(29)17-11-16(32-2)7-8-18(17)26/h3-12,21,29H,1-2H3/b22-20+. The Morgan fingerprint density at radius 3 is 2.59 bits per heavy atom. The van der Waals surface area contributed by atoms with Crippen molar-refractivity contribution in [2.75, 3.05) is 12.0 Å². The number of methoxy groups -OCH3 is 1. The number of hydrogen-bond donors (Lipinski definition) is 1. The Kier molecular flexibility index (Phi) is 5.91. The maximum Gasteiger partial charge on any atom is 0.300 e. The Hall–Kier alpha value is -3.35. The number of ketones is 1. The van der Waals surface area contributed by atoms with E-state index in [2.05, 4.69) is 4.98 Å². The zero-order valence-electron chi connectivity index (χ0n) is 17.2. The summed E-state index contributed by atoms with van der Waals surface area (Å²) < 4.78 is 5.22. The van der Waals surface area contributed by atoms with Crippen LogP contribution in [0.3, 0.4) is 0 Å². The van der Waals surface area contributed by atoms with Gasteiger partial charge in [-0.25, -0.2) is 0 Å². The van der Waals surface area contributed by atoms with Crippen LogP contribution >= 0.6 is 23.2 Å². The molecule has 162 valence electrons. The lowest BCUT2D eigenvalue weighted by Gasteiger charge is -2.26. The third-order valence-corrected chi connectivity index (χ3v) is 5.87. The summed E-state index contributed by atoms with van der Waals surface area (Å²) in [5.74, 6) is -1.59. The van der Waals surface area contributed by atoms with E-state index in [4.69, 9.17) is 27.9 Å². The SMILES string of the molecule is COc1ccc(Cl)c(/C(O)=C2\C(=O)C(=O)N(c3cc(Cl)ccc3C)C2c2cccnc2)c1.